The molecule has 0 fully saturated rings. The second-order valence-corrected chi connectivity index (χ2v) is 4.55. The Balaban J connectivity index is 2.82. The van der Waals surface area contributed by atoms with E-state index in [0.29, 0.717) is 12.6 Å². The van der Waals surface area contributed by atoms with E-state index < -0.39 is 0 Å². The Morgan fingerprint density at radius 2 is 2.06 bits per heavy atom. The summed E-state index contributed by atoms with van der Waals surface area (Å²) in [7, 11) is 0. The lowest BCUT2D eigenvalue weighted by Gasteiger charge is -2.20. The van der Waals surface area contributed by atoms with Gasteiger partial charge >= 0.3 is 0 Å². The van der Waals surface area contributed by atoms with E-state index in [4.69, 9.17) is 16.3 Å². The SMILES string of the molecule is CCCC(CC)Nc1cc(Cl)ccc1OCC. The fraction of sp³-hybridized carbons (Fsp3) is 0.571. The highest BCUT2D eigenvalue weighted by Gasteiger charge is 2.09. The fourth-order valence-electron chi connectivity index (χ4n) is 1.84. The molecule has 2 nitrogen and oxygen atoms in total. The average Bonchev–Trinajstić information content (AvgIpc) is 2.32. The summed E-state index contributed by atoms with van der Waals surface area (Å²) < 4.78 is 5.59. The highest BCUT2D eigenvalue weighted by atomic mass is 35.5. The van der Waals surface area contributed by atoms with Gasteiger partial charge < -0.3 is 10.1 Å². The molecular weight excluding hydrogens is 234 g/mol. The van der Waals surface area contributed by atoms with Gasteiger partial charge in [0.1, 0.15) is 5.75 Å². The van der Waals surface area contributed by atoms with Crippen molar-refractivity contribution in [2.75, 3.05) is 11.9 Å². The molecule has 0 saturated carbocycles. The van der Waals surface area contributed by atoms with Gasteiger partial charge in [-0.2, -0.15) is 0 Å². The lowest BCUT2D eigenvalue weighted by molar-refractivity contribution is 0.341. The molecule has 1 aromatic carbocycles. The number of nitrogens with one attached hydrogen (secondary N) is 1. The molecule has 0 aliphatic heterocycles. The van der Waals surface area contributed by atoms with E-state index in [1.807, 2.05) is 25.1 Å². The summed E-state index contributed by atoms with van der Waals surface area (Å²) in [6, 6.07) is 6.20. The minimum absolute atomic E-state index is 0.484. The van der Waals surface area contributed by atoms with Gasteiger partial charge in [0.15, 0.2) is 0 Å². The van der Waals surface area contributed by atoms with Crippen LogP contribution < -0.4 is 10.1 Å². The third kappa shape index (κ3) is 4.47. The molecule has 1 atom stereocenters. The summed E-state index contributed by atoms with van der Waals surface area (Å²) >= 11 is 6.03. The second-order valence-electron chi connectivity index (χ2n) is 4.11. The van der Waals surface area contributed by atoms with E-state index in [9.17, 15) is 0 Å². The van der Waals surface area contributed by atoms with Crippen molar-refractivity contribution in [3.8, 4) is 5.75 Å². The first-order valence-corrected chi connectivity index (χ1v) is 6.77. The molecule has 0 aromatic heterocycles. The van der Waals surface area contributed by atoms with Crippen LogP contribution in [-0.2, 0) is 0 Å². The zero-order valence-corrected chi connectivity index (χ0v) is 11.7. The first-order chi connectivity index (χ1) is 8.21. The van der Waals surface area contributed by atoms with Crippen LogP contribution in [0.3, 0.4) is 0 Å². The van der Waals surface area contributed by atoms with Gasteiger partial charge in [-0.1, -0.05) is 31.9 Å². The summed E-state index contributed by atoms with van der Waals surface area (Å²) in [4.78, 5) is 0. The third-order valence-corrected chi connectivity index (χ3v) is 2.97. The average molecular weight is 256 g/mol. The van der Waals surface area contributed by atoms with Crippen LogP contribution in [0.1, 0.15) is 40.0 Å². The summed E-state index contributed by atoms with van der Waals surface area (Å²) in [5.41, 5.74) is 1.000. The Morgan fingerprint density at radius 1 is 1.29 bits per heavy atom. The van der Waals surface area contributed by atoms with Crippen LogP contribution in [0.2, 0.25) is 5.02 Å². The van der Waals surface area contributed by atoms with Gasteiger partial charge in [-0.15, -0.1) is 0 Å². The van der Waals surface area contributed by atoms with E-state index in [-0.39, 0.29) is 0 Å². The largest absolute Gasteiger partial charge is 0.492 e. The molecule has 0 amide bonds. The molecule has 0 aliphatic rings. The number of anilines is 1. The molecule has 0 bridgehead atoms. The maximum atomic E-state index is 6.03. The molecule has 17 heavy (non-hydrogen) atoms. The molecular formula is C14H22ClNO. The zero-order chi connectivity index (χ0) is 12.7. The highest BCUT2D eigenvalue weighted by molar-refractivity contribution is 6.30. The van der Waals surface area contributed by atoms with Gasteiger partial charge in [-0.05, 0) is 38.0 Å². The predicted molar refractivity (Wildman–Crippen MR) is 75.2 cm³/mol. The Hall–Kier alpha value is -0.890. The molecule has 0 heterocycles. The first kappa shape index (κ1) is 14.2. The maximum absolute atomic E-state index is 6.03. The van der Waals surface area contributed by atoms with Crippen LogP contribution in [0.4, 0.5) is 5.69 Å². The van der Waals surface area contributed by atoms with E-state index >= 15 is 0 Å². The number of benzene rings is 1. The molecule has 0 spiro atoms. The van der Waals surface area contributed by atoms with Crippen molar-refractivity contribution in [2.45, 2.75) is 46.1 Å². The lowest BCUT2D eigenvalue weighted by Crippen LogP contribution is -2.18. The first-order valence-electron chi connectivity index (χ1n) is 6.40. The van der Waals surface area contributed by atoms with Gasteiger partial charge in [0.05, 0.1) is 12.3 Å². The standard InChI is InChI=1S/C14H22ClNO/c1-4-7-12(5-2)16-13-10-11(15)8-9-14(13)17-6-3/h8-10,12,16H,4-7H2,1-3H3. The topological polar surface area (TPSA) is 21.3 Å². The number of halogens is 1. The van der Waals surface area contributed by atoms with Crippen LogP contribution in [0, 0.1) is 0 Å². The monoisotopic (exact) mass is 255 g/mol. The van der Waals surface area contributed by atoms with E-state index in [2.05, 4.69) is 19.2 Å². The van der Waals surface area contributed by atoms with Gasteiger partial charge in [0.25, 0.3) is 0 Å². The smallest absolute Gasteiger partial charge is 0.142 e. The number of hydrogen-bond acceptors (Lipinski definition) is 2. The van der Waals surface area contributed by atoms with Crippen molar-refractivity contribution >= 4 is 17.3 Å². The van der Waals surface area contributed by atoms with Gasteiger partial charge in [-0.3, -0.25) is 0 Å². The predicted octanol–water partition coefficient (Wildman–Crippen LogP) is 4.73. The Labute approximate surface area is 109 Å². The van der Waals surface area contributed by atoms with Crippen molar-refractivity contribution in [2.24, 2.45) is 0 Å². The minimum atomic E-state index is 0.484. The fourth-order valence-corrected chi connectivity index (χ4v) is 2.02. The van der Waals surface area contributed by atoms with Crippen molar-refractivity contribution < 1.29 is 4.74 Å². The van der Waals surface area contributed by atoms with Crippen molar-refractivity contribution in [3.05, 3.63) is 23.2 Å². The van der Waals surface area contributed by atoms with Crippen LogP contribution in [-0.4, -0.2) is 12.6 Å². The van der Waals surface area contributed by atoms with E-state index in [0.717, 1.165) is 29.3 Å². The molecule has 96 valence electrons. The molecule has 0 saturated heterocycles. The Bertz CT molecular complexity index is 341. The molecule has 1 N–H and O–H groups in total. The second kappa shape index (κ2) is 7.44. The van der Waals surface area contributed by atoms with E-state index in [1.165, 1.54) is 6.42 Å². The van der Waals surface area contributed by atoms with E-state index in [1.54, 1.807) is 0 Å². The normalized spacial score (nSPS) is 12.2. The van der Waals surface area contributed by atoms with Crippen molar-refractivity contribution in [3.63, 3.8) is 0 Å². The molecule has 1 aromatic rings. The molecule has 1 rings (SSSR count). The van der Waals surface area contributed by atoms with Gasteiger partial charge in [-0.25, -0.2) is 0 Å². The Morgan fingerprint density at radius 3 is 2.65 bits per heavy atom. The molecule has 3 heteroatoms. The summed E-state index contributed by atoms with van der Waals surface area (Å²) in [6.45, 7) is 7.05. The quantitative estimate of drug-likeness (QED) is 0.761. The van der Waals surface area contributed by atoms with Crippen molar-refractivity contribution in [1.29, 1.82) is 0 Å². The molecule has 0 radical (unpaired) electrons. The summed E-state index contributed by atoms with van der Waals surface area (Å²) in [5, 5.41) is 4.25. The number of rotatable bonds is 7. The molecule has 0 aliphatic carbocycles. The maximum Gasteiger partial charge on any atom is 0.142 e. The van der Waals surface area contributed by atoms with Crippen LogP contribution in [0.5, 0.6) is 5.75 Å². The summed E-state index contributed by atoms with van der Waals surface area (Å²) in [5.74, 6) is 0.881. The van der Waals surface area contributed by atoms with Crippen LogP contribution >= 0.6 is 11.6 Å². The Kier molecular flexibility index (Phi) is 6.20. The van der Waals surface area contributed by atoms with Gasteiger partial charge in [0, 0.05) is 11.1 Å². The van der Waals surface area contributed by atoms with Crippen LogP contribution in [0.25, 0.3) is 0 Å². The third-order valence-electron chi connectivity index (χ3n) is 2.73. The minimum Gasteiger partial charge on any atom is -0.492 e. The summed E-state index contributed by atoms with van der Waals surface area (Å²) in [6.07, 6.45) is 3.44. The zero-order valence-electron chi connectivity index (χ0n) is 10.9. The lowest BCUT2D eigenvalue weighted by atomic mass is 10.1. The number of ether oxygens (including phenoxy) is 1. The van der Waals surface area contributed by atoms with Gasteiger partial charge in [0.2, 0.25) is 0 Å². The highest BCUT2D eigenvalue weighted by Crippen LogP contribution is 2.29. The van der Waals surface area contributed by atoms with Crippen molar-refractivity contribution in [1.82, 2.24) is 0 Å². The van der Waals surface area contributed by atoms with Crippen LogP contribution in [0.15, 0.2) is 18.2 Å². The number of hydrogen-bond donors (Lipinski definition) is 1. The molecule has 1 unspecified atom stereocenters.